The SMILES string of the molecule is COC(=O)[C@@H]1CCC2(CCCN2C(=O)OCc2ccccc2)C(=O)N1. The summed E-state index contributed by atoms with van der Waals surface area (Å²) in [7, 11) is 1.29. The molecule has 2 aliphatic heterocycles. The van der Waals surface area contributed by atoms with Crippen LogP contribution < -0.4 is 5.32 Å². The van der Waals surface area contributed by atoms with Crippen molar-refractivity contribution < 1.29 is 23.9 Å². The first-order valence-electron chi connectivity index (χ1n) is 8.44. The second-order valence-electron chi connectivity index (χ2n) is 6.41. The summed E-state index contributed by atoms with van der Waals surface area (Å²) < 4.78 is 10.1. The van der Waals surface area contributed by atoms with Crippen molar-refractivity contribution in [2.24, 2.45) is 0 Å². The van der Waals surface area contributed by atoms with Crippen molar-refractivity contribution in [1.82, 2.24) is 10.2 Å². The minimum atomic E-state index is -0.918. The van der Waals surface area contributed by atoms with Crippen molar-refractivity contribution in [2.45, 2.75) is 43.9 Å². The first kappa shape index (κ1) is 17.3. The second-order valence-corrected chi connectivity index (χ2v) is 6.41. The number of benzene rings is 1. The average Bonchev–Trinajstić information content (AvgIpc) is 3.07. The standard InChI is InChI=1S/C18H22N2O5/c1-24-15(21)14-8-10-18(16(22)19-14)9-5-11-20(18)17(23)25-12-13-6-3-2-4-7-13/h2-4,6-7,14H,5,8-12H2,1H3,(H,19,22)/t14-,18?/m0/s1. The van der Waals surface area contributed by atoms with E-state index < -0.39 is 23.6 Å². The molecule has 2 heterocycles. The van der Waals surface area contributed by atoms with Crippen molar-refractivity contribution >= 4 is 18.0 Å². The van der Waals surface area contributed by atoms with Gasteiger partial charge in [0.05, 0.1) is 7.11 Å². The van der Waals surface area contributed by atoms with Gasteiger partial charge in [-0.3, -0.25) is 9.69 Å². The monoisotopic (exact) mass is 346 g/mol. The van der Waals surface area contributed by atoms with Crippen molar-refractivity contribution in [1.29, 1.82) is 0 Å². The smallest absolute Gasteiger partial charge is 0.411 e. The van der Waals surface area contributed by atoms with Crippen LogP contribution in [0.4, 0.5) is 4.79 Å². The van der Waals surface area contributed by atoms with Gasteiger partial charge in [-0.1, -0.05) is 30.3 Å². The number of carbonyl (C=O) groups is 3. The number of amides is 2. The van der Waals surface area contributed by atoms with Crippen molar-refractivity contribution in [3.63, 3.8) is 0 Å². The first-order chi connectivity index (χ1) is 12.1. The maximum Gasteiger partial charge on any atom is 0.411 e. The fraction of sp³-hybridized carbons (Fsp3) is 0.500. The Morgan fingerprint density at radius 1 is 1.28 bits per heavy atom. The number of likely N-dealkylation sites (tertiary alicyclic amines) is 1. The first-order valence-corrected chi connectivity index (χ1v) is 8.44. The molecule has 2 fully saturated rings. The van der Waals surface area contributed by atoms with Gasteiger partial charge in [-0.05, 0) is 31.2 Å². The fourth-order valence-corrected chi connectivity index (χ4v) is 3.62. The van der Waals surface area contributed by atoms with Crippen LogP contribution in [0.3, 0.4) is 0 Å². The van der Waals surface area contributed by atoms with Gasteiger partial charge in [0.15, 0.2) is 0 Å². The zero-order valence-corrected chi connectivity index (χ0v) is 14.2. The Morgan fingerprint density at radius 3 is 2.72 bits per heavy atom. The molecule has 25 heavy (non-hydrogen) atoms. The lowest BCUT2D eigenvalue weighted by molar-refractivity contribution is -0.149. The molecule has 0 aliphatic carbocycles. The molecular weight excluding hydrogens is 324 g/mol. The quantitative estimate of drug-likeness (QED) is 0.841. The molecule has 7 heteroatoms. The second kappa shape index (κ2) is 7.13. The van der Waals surface area contributed by atoms with Crippen LogP contribution in [0.1, 0.15) is 31.2 Å². The molecule has 2 aliphatic rings. The number of ether oxygens (including phenoxy) is 2. The molecule has 3 rings (SSSR count). The maximum absolute atomic E-state index is 12.7. The number of rotatable bonds is 3. The number of piperidine rings is 1. The summed E-state index contributed by atoms with van der Waals surface area (Å²) >= 11 is 0. The molecule has 1 N–H and O–H groups in total. The maximum atomic E-state index is 12.7. The van der Waals surface area contributed by atoms with Gasteiger partial charge >= 0.3 is 12.1 Å². The van der Waals surface area contributed by atoms with Gasteiger partial charge in [-0.15, -0.1) is 0 Å². The predicted molar refractivity (Wildman–Crippen MR) is 88.5 cm³/mol. The van der Waals surface area contributed by atoms with Gasteiger partial charge in [0, 0.05) is 6.54 Å². The molecule has 0 saturated carbocycles. The fourth-order valence-electron chi connectivity index (χ4n) is 3.62. The van der Waals surface area contributed by atoms with E-state index >= 15 is 0 Å². The van der Waals surface area contributed by atoms with Crippen LogP contribution >= 0.6 is 0 Å². The van der Waals surface area contributed by atoms with Crippen LogP contribution in [-0.2, 0) is 25.7 Å². The Morgan fingerprint density at radius 2 is 2.04 bits per heavy atom. The number of methoxy groups -OCH3 is 1. The highest BCUT2D eigenvalue weighted by molar-refractivity contribution is 5.94. The van der Waals surface area contributed by atoms with Crippen LogP contribution in [0.25, 0.3) is 0 Å². The zero-order chi connectivity index (χ0) is 17.9. The molecule has 0 aromatic heterocycles. The lowest BCUT2D eigenvalue weighted by Gasteiger charge is -2.41. The molecule has 1 aromatic carbocycles. The molecule has 7 nitrogen and oxygen atoms in total. The third-order valence-corrected chi connectivity index (χ3v) is 4.97. The van der Waals surface area contributed by atoms with Gasteiger partial charge in [-0.25, -0.2) is 9.59 Å². The molecule has 0 radical (unpaired) electrons. The van der Waals surface area contributed by atoms with Gasteiger partial charge < -0.3 is 14.8 Å². The van der Waals surface area contributed by atoms with E-state index in [1.807, 2.05) is 30.3 Å². The molecule has 1 spiro atoms. The van der Waals surface area contributed by atoms with Crippen LogP contribution in [0, 0.1) is 0 Å². The van der Waals surface area contributed by atoms with E-state index in [1.165, 1.54) is 12.0 Å². The van der Waals surface area contributed by atoms with Crippen LogP contribution in [-0.4, -0.2) is 48.1 Å². The van der Waals surface area contributed by atoms with E-state index in [-0.39, 0.29) is 12.5 Å². The van der Waals surface area contributed by atoms with Gasteiger partial charge in [0.1, 0.15) is 18.2 Å². The highest BCUT2D eigenvalue weighted by atomic mass is 16.6. The Balaban J connectivity index is 1.66. The number of hydrogen-bond acceptors (Lipinski definition) is 5. The molecule has 2 atom stereocenters. The summed E-state index contributed by atoms with van der Waals surface area (Å²) in [6.45, 7) is 0.641. The lowest BCUT2D eigenvalue weighted by Crippen LogP contribution is -2.63. The van der Waals surface area contributed by atoms with E-state index in [9.17, 15) is 14.4 Å². The molecule has 2 saturated heterocycles. The summed E-state index contributed by atoms with van der Waals surface area (Å²) in [5, 5.41) is 2.70. The van der Waals surface area contributed by atoms with Crippen LogP contribution in [0.2, 0.25) is 0 Å². The zero-order valence-electron chi connectivity index (χ0n) is 14.2. The third-order valence-electron chi connectivity index (χ3n) is 4.97. The summed E-state index contributed by atoms with van der Waals surface area (Å²) in [6.07, 6.45) is 1.69. The predicted octanol–water partition coefficient (Wildman–Crippen LogP) is 1.61. The molecule has 0 bridgehead atoms. The Labute approximate surface area is 146 Å². The highest BCUT2D eigenvalue weighted by Crippen LogP contribution is 2.37. The average molecular weight is 346 g/mol. The molecule has 1 aromatic rings. The number of esters is 1. The molecule has 1 unspecified atom stereocenters. The van der Waals surface area contributed by atoms with Gasteiger partial charge in [0.25, 0.3) is 0 Å². The minimum Gasteiger partial charge on any atom is -0.467 e. The van der Waals surface area contributed by atoms with Gasteiger partial charge in [0.2, 0.25) is 5.91 Å². The normalized spacial score (nSPS) is 25.6. The van der Waals surface area contributed by atoms with Crippen LogP contribution in [0.5, 0.6) is 0 Å². The van der Waals surface area contributed by atoms with Crippen molar-refractivity contribution in [2.75, 3.05) is 13.7 Å². The van der Waals surface area contributed by atoms with Crippen LogP contribution in [0.15, 0.2) is 30.3 Å². The van der Waals surface area contributed by atoms with E-state index in [0.717, 1.165) is 12.0 Å². The lowest BCUT2D eigenvalue weighted by atomic mass is 9.84. The molecule has 134 valence electrons. The number of nitrogens with zero attached hydrogens (tertiary/aromatic N) is 1. The van der Waals surface area contributed by atoms with E-state index in [4.69, 9.17) is 9.47 Å². The van der Waals surface area contributed by atoms with Gasteiger partial charge in [-0.2, -0.15) is 0 Å². The van der Waals surface area contributed by atoms with E-state index in [2.05, 4.69) is 5.32 Å². The Bertz CT molecular complexity index is 663. The summed E-state index contributed by atoms with van der Waals surface area (Å²) in [4.78, 5) is 38.4. The number of carbonyl (C=O) groups excluding carboxylic acids is 3. The van der Waals surface area contributed by atoms with Crippen molar-refractivity contribution in [3.8, 4) is 0 Å². The molecule has 2 amide bonds. The Hall–Kier alpha value is -2.57. The topological polar surface area (TPSA) is 84.9 Å². The number of nitrogens with one attached hydrogen (secondary N) is 1. The minimum absolute atomic E-state index is 0.165. The largest absolute Gasteiger partial charge is 0.467 e. The Kier molecular flexibility index (Phi) is 4.92. The van der Waals surface area contributed by atoms with E-state index in [1.54, 1.807) is 0 Å². The number of hydrogen-bond donors (Lipinski definition) is 1. The third kappa shape index (κ3) is 3.31. The van der Waals surface area contributed by atoms with Crippen molar-refractivity contribution in [3.05, 3.63) is 35.9 Å². The van der Waals surface area contributed by atoms with E-state index in [0.29, 0.717) is 25.8 Å². The highest BCUT2D eigenvalue weighted by Gasteiger charge is 2.53. The summed E-state index contributed by atoms with van der Waals surface area (Å²) in [5.74, 6) is -0.761. The summed E-state index contributed by atoms with van der Waals surface area (Å²) in [5.41, 5.74) is -0.0267. The summed E-state index contributed by atoms with van der Waals surface area (Å²) in [6, 6.07) is 8.75. The molecular formula is C18H22N2O5.